The Kier molecular flexibility index (Phi) is 14.2. The molecule has 0 aromatic heterocycles. The van der Waals surface area contributed by atoms with Crippen molar-refractivity contribution in [3.05, 3.63) is 12.2 Å². The van der Waals surface area contributed by atoms with Crippen LogP contribution in [0.5, 0.6) is 0 Å². The van der Waals surface area contributed by atoms with Crippen molar-refractivity contribution >= 4 is 14.2 Å². The summed E-state index contributed by atoms with van der Waals surface area (Å²) in [6.07, 6.45) is 28.4. The van der Waals surface area contributed by atoms with Gasteiger partial charge in [-0.15, -0.1) is 0 Å². The predicted molar refractivity (Wildman–Crippen MR) is 154 cm³/mol. The first-order valence-electron chi connectivity index (χ1n) is 15.4. The summed E-state index contributed by atoms with van der Waals surface area (Å²) < 4.78 is 6.28. The summed E-state index contributed by atoms with van der Waals surface area (Å²) >= 11 is 0. The number of hydrogen-bond acceptors (Lipinski definition) is 2. The molecule has 1 amide bonds. The smallest absolute Gasteiger partial charge is 0.246 e. The summed E-state index contributed by atoms with van der Waals surface area (Å²) in [5, 5.41) is 0.319. The standard InChI is InChI=1S/C31H59NO2Si/c1-31(2,3)35(4,5)34-27-21-13-11-9-7-6-8-10-12-20-26-30(33)32(28-22-16-14-17-23-28)29-24-18-15-19-25-29/h20,26,28-29H,6-19,21-25,27H2,1-5H3/b26-20-. The van der Waals surface area contributed by atoms with Gasteiger partial charge in [0.05, 0.1) is 0 Å². The summed E-state index contributed by atoms with van der Waals surface area (Å²) in [5.41, 5.74) is 0. The minimum absolute atomic E-state index is 0.307. The molecule has 0 N–H and O–H groups in total. The number of hydrogen-bond donors (Lipinski definition) is 0. The molecule has 2 aliphatic rings. The fourth-order valence-electron chi connectivity index (χ4n) is 5.62. The first kappa shape index (κ1) is 30.6. The van der Waals surface area contributed by atoms with Gasteiger partial charge in [-0.2, -0.15) is 0 Å². The lowest BCUT2D eigenvalue weighted by Gasteiger charge is -2.41. The number of allylic oxidation sites excluding steroid dienone is 1. The molecule has 0 aliphatic heterocycles. The van der Waals surface area contributed by atoms with Crippen molar-refractivity contribution < 1.29 is 9.22 Å². The van der Waals surface area contributed by atoms with E-state index in [1.807, 2.05) is 6.08 Å². The molecule has 4 heteroatoms. The van der Waals surface area contributed by atoms with Crippen molar-refractivity contribution in [2.75, 3.05) is 6.61 Å². The van der Waals surface area contributed by atoms with E-state index in [9.17, 15) is 4.79 Å². The van der Waals surface area contributed by atoms with Crippen LogP contribution in [0, 0.1) is 0 Å². The van der Waals surface area contributed by atoms with Gasteiger partial charge in [-0.1, -0.05) is 104 Å². The maximum Gasteiger partial charge on any atom is 0.246 e. The zero-order chi connectivity index (χ0) is 25.6. The minimum atomic E-state index is -1.56. The summed E-state index contributed by atoms with van der Waals surface area (Å²) in [5.74, 6) is 0.307. The van der Waals surface area contributed by atoms with E-state index in [4.69, 9.17) is 4.43 Å². The fourth-order valence-corrected chi connectivity index (χ4v) is 6.70. The van der Waals surface area contributed by atoms with E-state index < -0.39 is 8.32 Å². The Morgan fingerprint density at radius 3 is 1.71 bits per heavy atom. The average Bonchev–Trinajstić information content (AvgIpc) is 2.83. The Balaban J connectivity index is 1.53. The predicted octanol–water partition coefficient (Wildman–Crippen LogP) is 9.57. The Labute approximate surface area is 220 Å². The molecule has 0 aromatic rings. The molecular formula is C31H59NO2Si. The zero-order valence-corrected chi connectivity index (χ0v) is 25.2. The van der Waals surface area contributed by atoms with E-state index >= 15 is 0 Å². The van der Waals surface area contributed by atoms with Gasteiger partial charge in [0.15, 0.2) is 8.32 Å². The van der Waals surface area contributed by atoms with Gasteiger partial charge < -0.3 is 9.33 Å². The van der Waals surface area contributed by atoms with Crippen LogP contribution in [0.1, 0.15) is 143 Å². The molecule has 0 saturated heterocycles. The molecule has 2 rings (SSSR count). The molecule has 0 atom stereocenters. The SMILES string of the molecule is CC(C)(C)[Si](C)(C)OCCCCCCCCCC/C=C\C(=O)N(C1CCCCC1)C1CCCCC1. The average molecular weight is 506 g/mol. The van der Waals surface area contributed by atoms with Gasteiger partial charge in [0, 0.05) is 18.7 Å². The molecule has 2 aliphatic carbocycles. The lowest BCUT2D eigenvalue weighted by Crippen LogP contribution is -2.48. The summed E-state index contributed by atoms with van der Waals surface area (Å²) in [6.45, 7) is 12.6. The Bertz CT molecular complexity index is 580. The molecule has 0 radical (unpaired) electrons. The number of rotatable bonds is 15. The fraction of sp³-hybridized carbons (Fsp3) is 0.903. The number of amides is 1. The van der Waals surface area contributed by atoms with Crippen LogP contribution in [-0.4, -0.2) is 37.8 Å². The highest BCUT2D eigenvalue weighted by Crippen LogP contribution is 2.36. The van der Waals surface area contributed by atoms with Crippen LogP contribution in [0.25, 0.3) is 0 Å². The van der Waals surface area contributed by atoms with E-state index in [1.165, 1.54) is 116 Å². The van der Waals surface area contributed by atoms with Gasteiger partial charge in [0.2, 0.25) is 5.91 Å². The van der Waals surface area contributed by atoms with Gasteiger partial charge in [0.25, 0.3) is 0 Å². The van der Waals surface area contributed by atoms with Crippen molar-refractivity contribution in [3.8, 4) is 0 Å². The second-order valence-electron chi connectivity index (χ2n) is 13.0. The highest BCUT2D eigenvalue weighted by Gasteiger charge is 2.36. The molecular weight excluding hydrogens is 446 g/mol. The molecule has 35 heavy (non-hydrogen) atoms. The topological polar surface area (TPSA) is 29.5 Å². The van der Waals surface area contributed by atoms with Crippen LogP contribution >= 0.6 is 0 Å². The van der Waals surface area contributed by atoms with Gasteiger partial charge in [-0.3, -0.25) is 4.79 Å². The third kappa shape index (κ3) is 11.5. The summed E-state index contributed by atoms with van der Waals surface area (Å²) in [7, 11) is -1.56. The van der Waals surface area contributed by atoms with E-state index in [1.54, 1.807) is 0 Å². The Hall–Kier alpha value is -0.613. The molecule has 0 bridgehead atoms. The molecule has 0 unspecified atom stereocenters. The third-order valence-corrected chi connectivity index (χ3v) is 13.5. The molecule has 2 saturated carbocycles. The van der Waals surface area contributed by atoms with Gasteiger partial charge in [-0.05, 0) is 69.2 Å². The van der Waals surface area contributed by atoms with Crippen molar-refractivity contribution in [2.24, 2.45) is 0 Å². The molecule has 0 spiro atoms. The number of carbonyl (C=O) groups is 1. The van der Waals surface area contributed by atoms with Gasteiger partial charge >= 0.3 is 0 Å². The van der Waals surface area contributed by atoms with Gasteiger partial charge in [-0.25, -0.2) is 0 Å². The quantitative estimate of drug-likeness (QED) is 0.126. The summed E-state index contributed by atoms with van der Waals surface area (Å²) in [6, 6.07) is 1.00. The van der Waals surface area contributed by atoms with Crippen molar-refractivity contribution in [1.29, 1.82) is 0 Å². The maximum absolute atomic E-state index is 13.2. The monoisotopic (exact) mass is 505 g/mol. The van der Waals surface area contributed by atoms with E-state index in [2.05, 4.69) is 44.8 Å². The first-order valence-corrected chi connectivity index (χ1v) is 18.3. The molecule has 2 fully saturated rings. The highest BCUT2D eigenvalue weighted by molar-refractivity contribution is 6.74. The Morgan fingerprint density at radius 2 is 1.23 bits per heavy atom. The van der Waals surface area contributed by atoms with Crippen LogP contribution in [0.15, 0.2) is 12.2 Å². The minimum Gasteiger partial charge on any atom is -0.417 e. The van der Waals surface area contributed by atoms with Crippen molar-refractivity contribution in [1.82, 2.24) is 4.90 Å². The lowest BCUT2D eigenvalue weighted by atomic mass is 9.88. The molecule has 3 nitrogen and oxygen atoms in total. The van der Waals surface area contributed by atoms with E-state index in [0.29, 0.717) is 23.0 Å². The molecule has 204 valence electrons. The van der Waals surface area contributed by atoms with Crippen molar-refractivity contribution in [2.45, 2.75) is 173 Å². The van der Waals surface area contributed by atoms with Crippen LogP contribution in [0.3, 0.4) is 0 Å². The van der Waals surface area contributed by atoms with Crippen LogP contribution in [0.4, 0.5) is 0 Å². The second kappa shape index (κ2) is 16.3. The Morgan fingerprint density at radius 1 is 0.771 bits per heavy atom. The van der Waals surface area contributed by atoms with Crippen LogP contribution in [0.2, 0.25) is 18.1 Å². The van der Waals surface area contributed by atoms with E-state index in [-0.39, 0.29) is 0 Å². The van der Waals surface area contributed by atoms with Crippen molar-refractivity contribution in [3.63, 3.8) is 0 Å². The largest absolute Gasteiger partial charge is 0.417 e. The maximum atomic E-state index is 13.2. The number of nitrogens with zero attached hydrogens (tertiary/aromatic N) is 1. The molecule has 0 aromatic carbocycles. The summed E-state index contributed by atoms with van der Waals surface area (Å²) in [4.78, 5) is 15.5. The molecule has 0 heterocycles. The number of unbranched alkanes of at least 4 members (excludes halogenated alkanes) is 8. The third-order valence-electron chi connectivity index (χ3n) is 8.99. The number of carbonyl (C=O) groups excluding carboxylic acids is 1. The zero-order valence-electron chi connectivity index (χ0n) is 24.2. The highest BCUT2D eigenvalue weighted by atomic mass is 28.4. The van der Waals surface area contributed by atoms with Gasteiger partial charge in [0.1, 0.15) is 0 Å². The lowest BCUT2D eigenvalue weighted by molar-refractivity contribution is -0.132. The second-order valence-corrected chi connectivity index (χ2v) is 17.8. The van der Waals surface area contributed by atoms with E-state index in [0.717, 1.165) is 13.0 Å². The normalized spacial score (nSPS) is 18.9. The van der Waals surface area contributed by atoms with Crippen LogP contribution < -0.4 is 0 Å². The van der Waals surface area contributed by atoms with Crippen LogP contribution in [-0.2, 0) is 9.22 Å². The first-order chi connectivity index (χ1) is 16.7.